The third-order valence-electron chi connectivity index (χ3n) is 4.29. The molecule has 0 radical (unpaired) electrons. The maximum absolute atomic E-state index is 10.2. The minimum atomic E-state index is -1.69. The van der Waals surface area contributed by atoms with Crippen molar-refractivity contribution in [3.05, 3.63) is 0 Å². The lowest BCUT2D eigenvalue weighted by Crippen LogP contribution is -2.64. The molecular weight excluding hydrogens is 356 g/mol. The quantitative estimate of drug-likeness (QED) is 0.239. The van der Waals surface area contributed by atoms with Crippen LogP contribution in [0.2, 0.25) is 0 Å². The van der Waals surface area contributed by atoms with Crippen LogP contribution < -0.4 is 0 Å². The molecule has 2 fully saturated rings. The average molecular weight is 386 g/mol. The maximum atomic E-state index is 10.2. The van der Waals surface area contributed by atoms with Crippen LogP contribution in [0.5, 0.6) is 0 Å². The summed E-state index contributed by atoms with van der Waals surface area (Å²) in [6, 6.07) is 0. The van der Waals surface area contributed by atoms with Crippen LogP contribution in [0.3, 0.4) is 0 Å². The van der Waals surface area contributed by atoms with E-state index < -0.39 is 74.6 Å². The van der Waals surface area contributed by atoms with Gasteiger partial charge >= 0.3 is 0 Å². The van der Waals surface area contributed by atoms with Crippen molar-refractivity contribution in [2.75, 3.05) is 19.8 Å². The molecule has 2 aliphatic rings. The summed E-state index contributed by atoms with van der Waals surface area (Å²) in [4.78, 5) is 0. The molecular formula is C15H30O11. The minimum Gasteiger partial charge on any atom is -0.394 e. The fraction of sp³-hybridized carbons (Fsp3) is 1.00. The van der Waals surface area contributed by atoms with Crippen LogP contribution in [0.4, 0.5) is 0 Å². The summed E-state index contributed by atoms with van der Waals surface area (Å²) in [5.41, 5.74) is 0. The number of rotatable bonds is 6. The van der Waals surface area contributed by atoms with Crippen LogP contribution in [0.25, 0.3) is 0 Å². The Morgan fingerprint density at radius 1 is 0.731 bits per heavy atom. The molecule has 26 heavy (non-hydrogen) atoms. The largest absolute Gasteiger partial charge is 0.394 e. The number of hydrogen-bond donors (Lipinski definition) is 7. The molecule has 7 N–H and O–H groups in total. The van der Waals surface area contributed by atoms with Crippen molar-refractivity contribution in [2.45, 2.75) is 75.8 Å². The van der Waals surface area contributed by atoms with Crippen LogP contribution in [0.15, 0.2) is 0 Å². The van der Waals surface area contributed by atoms with Gasteiger partial charge in [0, 0.05) is 6.61 Å². The van der Waals surface area contributed by atoms with E-state index in [-0.39, 0.29) is 14.0 Å². The second-order valence-electron chi connectivity index (χ2n) is 5.96. The molecule has 0 aliphatic carbocycles. The van der Waals surface area contributed by atoms with Gasteiger partial charge in [0.05, 0.1) is 13.2 Å². The van der Waals surface area contributed by atoms with E-state index in [9.17, 15) is 35.7 Å². The van der Waals surface area contributed by atoms with Gasteiger partial charge in [-0.25, -0.2) is 0 Å². The Labute approximate surface area is 151 Å². The predicted octanol–water partition coefficient (Wildman–Crippen LogP) is -3.72. The lowest BCUT2D eigenvalue weighted by molar-refractivity contribution is -0.359. The first-order valence-electron chi connectivity index (χ1n) is 8.05. The van der Waals surface area contributed by atoms with Gasteiger partial charge in [-0.1, -0.05) is 7.43 Å². The minimum absolute atomic E-state index is 0. The van der Waals surface area contributed by atoms with Crippen molar-refractivity contribution in [3.63, 3.8) is 0 Å². The van der Waals surface area contributed by atoms with E-state index >= 15 is 0 Å². The van der Waals surface area contributed by atoms with E-state index in [1.807, 2.05) is 0 Å². The van der Waals surface area contributed by atoms with Gasteiger partial charge in [-0.3, -0.25) is 0 Å². The normalized spacial score (nSPS) is 46.6. The Morgan fingerprint density at radius 2 is 1.27 bits per heavy atom. The van der Waals surface area contributed by atoms with Crippen LogP contribution in [-0.4, -0.2) is 117 Å². The van der Waals surface area contributed by atoms with Gasteiger partial charge in [-0.15, -0.1) is 0 Å². The van der Waals surface area contributed by atoms with Crippen LogP contribution in [-0.2, 0) is 18.9 Å². The summed E-state index contributed by atoms with van der Waals surface area (Å²) < 4.78 is 21.1. The summed E-state index contributed by atoms with van der Waals surface area (Å²) >= 11 is 0. The molecule has 2 saturated heterocycles. The molecule has 11 nitrogen and oxygen atoms in total. The molecule has 0 aromatic heterocycles. The SMILES string of the molecule is C.CCOC1OC(CO)C(OC2OC(CO)C(O)C(O)C2O)C(O)C1O. The Morgan fingerprint density at radius 3 is 1.81 bits per heavy atom. The second kappa shape index (κ2) is 10.2. The van der Waals surface area contributed by atoms with Gasteiger partial charge in [0.25, 0.3) is 0 Å². The molecule has 0 aromatic carbocycles. The van der Waals surface area contributed by atoms with Crippen molar-refractivity contribution < 1.29 is 54.7 Å². The summed E-state index contributed by atoms with van der Waals surface area (Å²) in [5, 5.41) is 68.4. The third-order valence-corrected chi connectivity index (χ3v) is 4.29. The van der Waals surface area contributed by atoms with E-state index in [1.165, 1.54) is 0 Å². The predicted molar refractivity (Wildman–Crippen MR) is 84.8 cm³/mol. The Balaban J connectivity index is 0.00000338. The highest BCUT2D eigenvalue weighted by molar-refractivity contribution is 4.93. The van der Waals surface area contributed by atoms with Crippen molar-refractivity contribution in [1.82, 2.24) is 0 Å². The molecule has 0 aromatic rings. The van der Waals surface area contributed by atoms with Crippen LogP contribution in [0.1, 0.15) is 14.4 Å². The van der Waals surface area contributed by atoms with Gasteiger partial charge in [0.2, 0.25) is 0 Å². The van der Waals surface area contributed by atoms with E-state index in [1.54, 1.807) is 6.92 Å². The molecule has 0 bridgehead atoms. The Bertz CT molecular complexity index is 407. The number of aliphatic hydroxyl groups is 7. The number of hydrogen-bond acceptors (Lipinski definition) is 11. The topological polar surface area (TPSA) is 179 Å². The van der Waals surface area contributed by atoms with Gasteiger partial charge in [-0.05, 0) is 6.92 Å². The van der Waals surface area contributed by atoms with E-state index in [2.05, 4.69) is 0 Å². The zero-order valence-corrected chi connectivity index (χ0v) is 13.7. The first kappa shape index (κ1) is 23.6. The molecule has 11 heteroatoms. The van der Waals surface area contributed by atoms with E-state index in [0.29, 0.717) is 0 Å². The number of aliphatic hydroxyl groups excluding tert-OH is 7. The fourth-order valence-electron chi connectivity index (χ4n) is 2.86. The number of ether oxygens (including phenoxy) is 4. The lowest BCUT2D eigenvalue weighted by atomic mass is 9.97. The molecule has 0 spiro atoms. The maximum Gasteiger partial charge on any atom is 0.187 e. The van der Waals surface area contributed by atoms with Crippen molar-refractivity contribution in [2.24, 2.45) is 0 Å². The Hall–Kier alpha value is -0.440. The van der Waals surface area contributed by atoms with Gasteiger partial charge in [-0.2, -0.15) is 0 Å². The van der Waals surface area contributed by atoms with Gasteiger partial charge < -0.3 is 54.7 Å². The highest BCUT2D eigenvalue weighted by Crippen LogP contribution is 2.29. The molecule has 0 amide bonds. The van der Waals surface area contributed by atoms with Crippen LogP contribution >= 0.6 is 0 Å². The summed E-state index contributed by atoms with van der Waals surface area (Å²) in [7, 11) is 0. The first-order valence-corrected chi connectivity index (χ1v) is 8.05. The Kier molecular flexibility index (Phi) is 9.26. The summed E-state index contributed by atoms with van der Waals surface area (Å²) in [6.07, 6.45) is -14.3. The fourth-order valence-corrected chi connectivity index (χ4v) is 2.86. The molecule has 2 rings (SSSR count). The molecule has 2 heterocycles. The van der Waals surface area contributed by atoms with Crippen molar-refractivity contribution in [3.8, 4) is 0 Å². The third kappa shape index (κ3) is 4.69. The molecule has 10 unspecified atom stereocenters. The molecule has 156 valence electrons. The van der Waals surface area contributed by atoms with Crippen LogP contribution in [0, 0.1) is 0 Å². The van der Waals surface area contributed by atoms with Crippen molar-refractivity contribution >= 4 is 0 Å². The molecule has 0 saturated carbocycles. The van der Waals surface area contributed by atoms with Gasteiger partial charge in [0.1, 0.15) is 48.8 Å². The summed E-state index contributed by atoms with van der Waals surface area (Å²) in [6.45, 7) is 0.625. The monoisotopic (exact) mass is 386 g/mol. The smallest absolute Gasteiger partial charge is 0.187 e. The molecule has 2 aliphatic heterocycles. The highest BCUT2D eigenvalue weighted by Gasteiger charge is 2.50. The summed E-state index contributed by atoms with van der Waals surface area (Å²) in [5.74, 6) is 0. The molecule has 10 atom stereocenters. The van der Waals surface area contributed by atoms with E-state index in [4.69, 9.17) is 18.9 Å². The lowest BCUT2D eigenvalue weighted by Gasteiger charge is -2.45. The van der Waals surface area contributed by atoms with Gasteiger partial charge in [0.15, 0.2) is 12.6 Å². The van der Waals surface area contributed by atoms with E-state index in [0.717, 1.165) is 0 Å². The zero-order chi connectivity index (χ0) is 18.7. The standard InChI is InChI=1S/C14H26O11.CH4/c1-2-22-13-11(21)9(19)12(6(4-16)24-13)25-14-10(20)8(18)7(17)5(3-15)23-14;/h5-21H,2-4H2,1H3;1H4. The highest BCUT2D eigenvalue weighted by atomic mass is 16.7. The van der Waals surface area contributed by atoms with Crippen molar-refractivity contribution in [1.29, 1.82) is 0 Å². The second-order valence-corrected chi connectivity index (χ2v) is 5.96. The average Bonchev–Trinajstić information content (AvgIpc) is 2.61. The zero-order valence-electron chi connectivity index (χ0n) is 13.7. The first-order chi connectivity index (χ1) is 11.8.